The number of nitrogens with zero attached hydrogens (tertiary/aromatic N) is 3. The van der Waals surface area contributed by atoms with Crippen LogP contribution in [0.25, 0.3) is 11.3 Å². The maximum atomic E-state index is 5.38. The van der Waals surface area contributed by atoms with E-state index in [4.69, 9.17) is 4.74 Å². The molecule has 1 aromatic heterocycles. The number of nitrogens with one attached hydrogen (secondary N) is 3. The lowest BCUT2D eigenvalue weighted by Crippen LogP contribution is -2.40. The highest BCUT2D eigenvalue weighted by atomic mass is 127. The third-order valence-electron chi connectivity index (χ3n) is 4.49. The second kappa shape index (κ2) is 12.7. The van der Waals surface area contributed by atoms with Crippen LogP contribution in [0.15, 0.2) is 41.5 Å². The first-order valence-corrected chi connectivity index (χ1v) is 9.76. The van der Waals surface area contributed by atoms with Crippen LogP contribution in [0.4, 0.5) is 0 Å². The van der Waals surface area contributed by atoms with Gasteiger partial charge in [0.05, 0.1) is 25.1 Å². The fourth-order valence-electron chi connectivity index (χ4n) is 3.04. The fraction of sp³-hybridized carbons (Fsp3) is 0.500. The molecule has 1 aromatic carbocycles. The van der Waals surface area contributed by atoms with Gasteiger partial charge < -0.3 is 20.4 Å². The van der Waals surface area contributed by atoms with Gasteiger partial charge in [0, 0.05) is 26.2 Å². The van der Waals surface area contributed by atoms with Gasteiger partial charge in [-0.25, -0.2) is 9.98 Å². The number of aromatic amines is 1. The highest BCUT2D eigenvalue weighted by Crippen LogP contribution is 2.16. The van der Waals surface area contributed by atoms with E-state index in [1.165, 1.54) is 0 Å². The molecule has 0 amide bonds. The summed E-state index contributed by atoms with van der Waals surface area (Å²) in [6.45, 7) is 9.20. The maximum absolute atomic E-state index is 5.38. The van der Waals surface area contributed by atoms with Crippen LogP contribution < -0.4 is 10.6 Å². The molecule has 1 aliphatic heterocycles. The molecule has 28 heavy (non-hydrogen) atoms. The van der Waals surface area contributed by atoms with E-state index in [9.17, 15) is 0 Å². The van der Waals surface area contributed by atoms with Crippen LogP contribution in [0.1, 0.15) is 19.2 Å². The van der Waals surface area contributed by atoms with E-state index in [1.54, 1.807) is 0 Å². The summed E-state index contributed by atoms with van der Waals surface area (Å²) >= 11 is 0. The number of halogens is 1. The largest absolute Gasteiger partial charge is 0.379 e. The minimum Gasteiger partial charge on any atom is -0.379 e. The third-order valence-corrected chi connectivity index (χ3v) is 4.49. The van der Waals surface area contributed by atoms with Crippen LogP contribution in [0, 0.1) is 0 Å². The highest BCUT2D eigenvalue weighted by Gasteiger charge is 2.09. The summed E-state index contributed by atoms with van der Waals surface area (Å²) in [7, 11) is 0. The normalized spacial score (nSPS) is 15.1. The van der Waals surface area contributed by atoms with Gasteiger partial charge in [-0.05, 0) is 25.5 Å². The molecule has 0 radical (unpaired) electrons. The van der Waals surface area contributed by atoms with Crippen molar-refractivity contribution in [2.24, 2.45) is 4.99 Å². The molecule has 7 nitrogen and oxygen atoms in total. The zero-order valence-electron chi connectivity index (χ0n) is 16.5. The van der Waals surface area contributed by atoms with Gasteiger partial charge >= 0.3 is 0 Å². The lowest BCUT2D eigenvalue weighted by Gasteiger charge is -2.26. The lowest BCUT2D eigenvalue weighted by molar-refractivity contribution is 0.0376. The predicted molar refractivity (Wildman–Crippen MR) is 124 cm³/mol. The Bertz CT molecular complexity index is 700. The van der Waals surface area contributed by atoms with Crippen LogP contribution in [0.3, 0.4) is 0 Å². The van der Waals surface area contributed by atoms with Crippen molar-refractivity contribution in [1.82, 2.24) is 25.5 Å². The van der Waals surface area contributed by atoms with Gasteiger partial charge in [0.1, 0.15) is 12.4 Å². The van der Waals surface area contributed by atoms with Crippen molar-refractivity contribution in [2.45, 2.75) is 19.9 Å². The Kier molecular flexibility index (Phi) is 10.3. The number of aromatic nitrogens is 2. The van der Waals surface area contributed by atoms with Gasteiger partial charge in [0.2, 0.25) is 0 Å². The number of hydrogen-bond donors (Lipinski definition) is 3. The standard InChI is InChI=1S/C20H30N6O.HI/c1-2-21-20(22-9-6-10-26-11-13-27-14-12-26)24-16-19-23-15-18(25-19)17-7-4-3-5-8-17;/h3-5,7-8,15H,2,6,9-14,16H2,1H3,(H,23,25)(H2,21,22,24);1H. The van der Waals surface area contributed by atoms with Gasteiger partial charge in [0.15, 0.2) is 5.96 Å². The Morgan fingerprint density at radius 3 is 2.75 bits per heavy atom. The van der Waals surface area contributed by atoms with Gasteiger partial charge in [0.25, 0.3) is 0 Å². The second-order valence-electron chi connectivity index (χ2n) is 6.54. The zero-order chi connectivity index (χ0) is 18.7. The molecule has 0 aliphatic carbocycles. The lowest BCUT2D eigenvalue weighted by atomic mass is 10.2. The molecule has 154 valence electrons. The molecule has 0 unspecified atom stereocenters. The first-order valence-electron chi connectivity index (χ1n) is 9.76. The zero-order valence-corrected chi connectivity index (χ0v) is 18.8. The molecule has 3 rings (SSSR count). The maximum Gasteiger partial charge on any atom is 0.191 e. The summed E-state index contributed by atoms with van der Waals surface area (Å²) in [6.07, 6.45) is 2.95. The summed E-state index contributed by atoms with van der Waals surface area (Å²) in [4.78, 5) is 14.9. The van der Waals surface area contributed by atoms with E-state index < -0.39 is 0 Å². The number of hydrogen-bond acceptors (Lipinski definition) is 4. The number of benzene rings is 1. The van der Waals surface area contributed by atoms with E-state index in [0.717, 1.165) is 75.4 Å². The molecular formula is C20H31IN6O. The van der Waals surface area contributed by atoms with Crippen molar-refractivity contribution in [1.29, 1.82) is 0 Å². The van der Waals surface area contributed by atoms with Crippen LogP contribution >= 0.6 is 24.0 Å². The molecule has 3 N–H and O–H groups in total. The Hall–Kier alpha value is -1.65. The first-order chi connectivity index (χ1) is 13.3. The Balaban J connectivity index is 0.00000280. The number of H-pyrrole nitrogens is 1. The molecule has 0 spiro atoms. The highest BCUT2D eigenvalue weighted by molar-refractivity contribution is 14.0. The summed E-state index contributed by atoms with van der Waals surface area (Å²) in [6, 6.07) is 10.2. The number of rotatable bonds is 8. The van der Waals surface area contributed by atoms with Crippen molar-refractivity contribution in [3.8, 4) is 11.3 Å². The Morgan fingerprint density at radius 2 is 2.00 bits per heavy atom. The van der Waals surface area contributed by atoms with E-state index in [1.807, 2.05) is 24.4 Å². The van der Waals surface area contributed by atoms with Crippen LogP contribution in [-0.2, 0) is 11.3 Å². The van der Waals surface area contributed by atoms with Crippen molar-refractivity contribution in [3.05, 3.63) is 42.4 Å². The van der Waals surface area contributed by atoms with Gasteiger partial charge in [-0.2, -0.15) is 0 Å². The molecule has 2 heterocycles. The second-order valence-corrected chi connectivity index (χ2v) is 6.54. The monoisotopic (exact) mass is 498 g/mol. The average Bonchev–Trinajstić information content (AvgIpc) is 3.20. The minimum absolute atomic E-state index is 0. The van der Waals surface area contributed by atoms with Crippen molar-refractivity contribution >= 4 is 29.9 Å². The topological polar surface area (TPSA) is 77.6 Å². The third kappa shape index (κ3) is 7.40. The molecule has 1 saturated heterocycles. The van der Waals surface area contributed by atoms with Crippen LogP contribution in [0.5, 0.6) is 0 Å². The number of guanidine groups is 1. The SMILES string of the molecule is CCNC(=NCc1ncc(-c2ccccc2)[nH]1)NCCCN1CCOCC1.I. The van der Waals surface area contributed by atoms with Gasteiger partial charge in [-0.15, -0.1) is 24.0 Å². The van der Waals surface area contributed by atoms with E-state index in [2.05, 4.69) is 49.6 Å². The fourth-order valence-corrected chi connectivity index (χ4v) is 3.04. The summed E-state index contributed by atoms with van der Waals surface area (Å²) in [5.74, 6) is 1.69. The van der Waals surface area contributed by atoms with E-state index in [0.29, 0.717) is 6.54 Å². The van der Waals surface area contributed by atoms with Crippen molar-refractivity contribution in [2.75, 3.05) is 45.9 Å². The van der Waals surface area contributed by atoms with Gasteiger partial charge in [-0.1, -0.05) is 30.3 Å². The Morgan fingerprint density at radius 1 is 1.21 bits per heavy atom. The first kappa shape index (κ1) is 22.6. The summed E-state index contributed by atoms with van der Waals surface area (Å²) < 4.78 is 5.38. The van der Waals surface area contributed by atoms with Crippen LogP contribution in [-0.4, -0.2) is 66.8 Å². The molecule has 0 saturated carbocycles. The molecular weight excluding hydrogens is 467 g/mol. The number of morpholine rings is 1. The van der Waals surface area contributed by atoms with Crippen molar-refractivity contribution in [3.63, 3.8) is 0 Å². The van der Waals surface area contributed by atoms with E-state index >= 15 is 0 Å². The number of imidazole rings is 1. The number of ether oxygens (including phenoxy) is 1. The molecule has 2 aromatic rings. The summed E-state index contributed by atoms with van der Waals surface area (Å²) in [5.41, 5.74) is 2.15. The molecule has 1 aliphatic rings. The average molecular weight is 498 g/mol. The predicted octanol–water partition coefficient (Wildman–Crippen LogP) is 2.47. The quantitative estimate of drug-likeness (QED) is 0.226. The minimum atomic E-state index is 0. The summed E-state index contributed by atoms with van der Waals surface area (Å²) in [5, 5.41) is 6.70. The smallest absolute Gasteiger partial charge is 0.191 e. The molecule has 8 heteroatoms. The van der Waals surface area contributed by atoms with Gasteiger partial charge in [-0.3, -0.25) is 4.90 Å². The molecule has 0 bridgehead atoms. The van der Waals surface area contributed by atoms with E-state index in [-0.39, 0.29) is 24.0 Å². The molecule has 1 fully saturated rings. The van der Waals surface area contributed by atoms with Crippen molar-refractivity contribution < 1.29 is 4.74 Å². The Labute approximate surface area is 184 Å². The number of aliphatic imine (C=N–C) groups is 1. The van der Waals surface area contributed by atoms with Crippen LogP contribution in [0.2, 0.25) is 0 Å². The molecule has 0 atom stereocenters.